The molecule has 0 aromatic rings. The summed E-state index contributed by atoms with van der Waals surface area (Å²) >= 11 is 0. The van der Waals surface area contributed by atoms with Gasteiger partial charge in [-0.15, -0.1) is 12.4 Å². The lowest BCUT2D eigenvalue weighted by Gasteiger charge is -2.38. The minimum atomic E-state index is -3.04. The molecule has 1 rings (SSSR count). The summed E-state index contributed by atoms with van der Waals surface area (Å²) < 4.78 is 23.1. The van der Waals surface area contributed by atoms with Crippen molar-refractivity contribution in [3.8, 4) is 0 Å². The molecule has 16 heavy (non-hydrogen) atoms. The number of nitrogens with two attached hydrogens (primary N) is 1. The van der Waals surface area contributed by atoms with Gasteiger partial charge < -0.3 is 10.6 Å². The van der Waals surface area contributed by atoms with E-state index in [1.165, 1.54) is 0 Å². The fraction of sp³-hybridized carbons (Fsp3) is 0.889. The molecule has 0 bridgehead atoms. The first-order valence-corrected chi connectivity index (χ1v) is 6.76. The van der Waals surface area contributed by atoms with Crippen molar-refractivity contribution in [3.63, 3.8) is 0 Å². The van der Waals surface area contributed by atoms with Gasteiger partial charge in [0.1, 0.15) is 0 Å². The van der Waals surface area contributed by atoms with Gasteiger partial charge in [0.25, 0.3) is 0 Å². The van der Waals surface area contributed by atoms with Gasteiger partial charge in [-0.25, -0.2) is 8.42 Å². The molecule has 1 aliphatic heterocycles. The number of sulfone groups is 1. The average Bonchev–Trinajstić information content (AvgIpc) is 2.14. The second-order valence-corrected chi connectivity index (χ2v) is 6.61. The molecule has 5 nitrogen and oxygen atoms in total. The highest BCUT2D eigenvalue weighted by Crippen LogP contribution is 2.19. The second kappa shape index (κ2) is 5.33. The maximum absolute atomic E-state index is 11.7. The number of hydrogen-bond acceptors (Lipinski definition) is 4. The van der Waals surface area contributed by atoms with Gasteiger partial charge in [-0.1, -0.05) is 0 Å². The zero-order chi connectivity index (χ0) is 11.8. The number of rotatable bonds is 1. The van der Waals surface area contributed by atoms with Crippen LogP contribution < -0.4 is 5.73 Å². The fourth-order valence-corrected chi connectivity index (χ4v) is 3.31. The molecule has 1 saturated heterocycles. The molecule has 1 fully saturated rings. The van der Waals surface area contributed by atoms with Crippen molar-refractivity contribution in [2.45, 2.75) is 38.1 Å². The number of nitrogens with zero attached hydrogens (tertiary/aromatic N) is 1. The molecule has 0 spiro atoms. The van der Waals surface area contributed by atoms with Crippen LogP contribution >= 0.6 is 12.4 Å². The number of hydrogen-bond donors (Lipinski definition) is 1. The van der Waals surface area contributed by atoms with Crippen molar-refractivity contribution >= 4 is 28.2 Å². The Kier molecular flexibility index (Phi) is 5.22. The first kappa shape index (κ1) is 15.7. The lowest BCUT2D eigenvalue weighted by atomic mass is 10.2. The summed E-state index contributed by atoms with van der Waals surface area (Å²) in [5.74, 6) is -0.138. The Morgan fingerprint density at radius 1 is 1.44 bits per heavy atom. The third-order valence-electron chi connectivity index (χ3n) is 3.03. The first-order valence-electron chi connectivity index (χ1n) is 5.05. The molecule has 0 radical (unpaired) electrons. The van der Waals surface area contributed by atoms with Crippen LogP contribution in [0.5, 0.6) is 0 Å². The molecular formula is C9H19ClN2O3S. The van der Waals surface area contributed by atoms with Crippen LogP contribution in [-0.4, -0.2) is 48.9 Å². The highest BCUT2D eigenvalue weighted by Gasteiger charge is 2.38. The lowest BCUT2D eigenvalue weighted by Crippen LogP contribution is -2.57. The molecule has 0 aromatic heterocycles. The van der Waals surface area contributed by atoms with Gasteiger partial charge in [0.2, 0.25) is 5.91 Å². The van der Waals surface area contributed by atoms with E-state index in [9.17, 15) is 13.2 Å². The van der Waals surface area contributed by atoms with E-state index in [-0.39, 0.29) is 36.7 Å². The number of carbonyl (C=O) groups is 1. The van der Waals surface area contributed by atoms with Crippen molar-refractivity contribution in [1.29, 1.82) is 0 Å². The average molecular weight is 271 g/mol. The molecule has 1 aliphatic rings. The quantitative estimate of drug-likeness (QED) is 0.715. The van der Waals surface area contributed by atoms with E-state index in [0.717, 1.165) is 0 Å². The third-order valence-corrected chi connectivity index (χ3v) is 5.31. The summed E-state index contributed by atoms with van der Waals surface area (Å²) in [5, 5.41) is -0.506. The maximum atomic E-state index is 11.7. The number of halogens is 1. The monoisotopic (exact) mass is 270 g/mol. The van der Waals surface area contributed by atoms with Gasteiger partial charge in [-0.2, -0.15) is 0 Å². The van der Waals surface area contributed by atoms with Crippen molar-refractivity contribution in [2.75, 3.05) is 12.3 Å². The van der Waals surface area contributed by atoms with Crippen LogP contribution in [0.15, 0.2) is 0 Å². The zero-order valence-corrected chi connectivity index (χ0v) is 11.3. The van der Waals surface area contributed by atoms with Gasteiger partial charge in [-0.05, 0) is 20.8 Å². The molecule has 2 unspecified atom stereocenters. The van der Waals surface area contributed by atoms with Crippen molar-refractivity contribution in [2.24, 2.45) is 5.73 Å². The SMILES string of the molecule is CC1C(C)S(=O)(=O)CCN1C(=O)[C@@H](C)N.Cl. The normalized spacial score (nSPS) is 30.4. The predicted octanol–water partition coefficient (Wildman–Crippen LogP) is -0.211. The largest absolute Gasteiger partial charge is 0.336 e. The molecule has 3 atom stereocenters. The van der Waals surface area contributed by atoms with Crippen molar-refractivity contribution in [1.82, 2.24) is 4.90 Å². The Hall–Kier alpha value is -0.330. The van der Waals surface area contributed by atoms with Crippen molar-refractivity contribution < 1.29 is 13.2 Å². The van der Waals surface area contributed by atoms with Crippen LogP contribution in [-0.2, 0) is 14.6 Å². The molecule has 1 amide bonds. The van der Waals surface area contributed by atoms with Crippen molar-refractivity contribution in [3.05, 3.63) is 0 Å². The summed E-state index contributed by atoms with van der Waals surface area (Å²) in [6.07, 6.45) is 0. The van der Waals surface area contributed by atoms with E-state index >= 15 is 0 Å². The van der Waals surface area contributed by atoms with Crippen LogP contribution in [0.4, 0.5) is 0 Å². The third kappa shape index (κ3) is 2.87. The Morgan fingerprint density at radius 3 is 2.38 bits per heavy atom. The molecule has 1 heterocycles. The summed E-state index contributed by atoms with van der Waals surface area (Å²) in [7, 11) is -3.04. The Bertz CT molecular complexity index is 356. The van der Waals surface area contributed by atoms with Crippen LogP contribution in [0.25, 0.3) is 0 Å². The topological polar surface area (TPSA) is 80.5 Å². The number of carbonyl (C=O) groups excluding carboxylic acids is 1. The second-order valence-electron chi connectivity index (χ2n) is 4.13. The van der Waals surface area contributed by atoms with E-state index in [4.69, 9.17) is 5.73 Å². The first-order chi connectivity index (χ1) is 6.77. The minimum Gasteiger partial charge on any atom is -0.336 e. The van der Waals surface area contributed by atoms with Crippen LogP contribution in [0.3, 0.4) is 0 Å². The van der Waals surface area contributed by atoms with Gasteiger partial charge in [0, 0.05) is 12.6 Å². The summed E-state index contributed by atoms with van der Waals surface area (Å²) in [6, 6.07) is -0.859. The Morgan fingerprint density at radius 2 is 1.94 bits per heavy atom. The van der Waals surface area contributed by atoms with E-state index in [1.807, 2.05) is 0 Å². The summed E-state index contributed by atoms with van der Waals surface area (Å²) in [4.78, 5) is 13.2. The Balaban J connectivity index is 0.00000225. The molecule has 2 N–H and O–H groups in total. The number of amides is 1. The maximum Gasteiger partial charge on any atom is 0.239 e. The molecular weight excluding hydrogens is 252 g/mol. The van der Waals surface area contributed by atoms with E-state index in [1.54, 1.807) is 25.7 Å². The van der Waals surface area contributed by atoms with Crippen LogP contribution in [0.2, 0.25) is 0 Å². The van der Waals surface area contributed by atoms with Gasteiger partial charge in [0.15, 0.2) is 9.84 Å². The van der Waals surface area contributed by atoms with E-state index < -0.39 is 21.1 Å². The molecule has 0 aromatic carbocycles. The molecule has 96 valence electrons. The van der Waals surface area contributed by atoms with E-state index in [0.29, 0.717) is 0 Å². The predicted molar refractivity (Wildman–Crippen MR) is 65.3 cm³/mol. The summed E-state index contributed by atoms with van der Waals surface area (Å²) in [6.45, 7) is 5.26. The highest BCUT2D eigenvalue weighted by atomic mass is 35.5. The zero-order valence-electron chi connectivity index (χ0n) is 9.71. The molecule has 7 heteroatoms. The van der Waals surface area contributed by atoms with Crippen LogP contribution in [0.1, 0.15) is 20.8 Å². The van der Waals surface area contributed by atoms with E-state index in [2.05, 4.69) is 0 Å². The smallest absolute Gasteiger partial charge is 0.239 e. The van der Waals surface area contributed by atoms with Gasteiger partial charge in [0.05, 0.1) is 17.0 Å². The highest BCUT2D eigenvalue weighted by molar-refractivity contribution is 7.92. The van der Waals surface area contributed by atoms with Gasteiger partial charge in [-0.3, -0.25) is 4.79 Å². The molecule has 0 saturated carbocycles. The Labute approximate surface area is 103 Å². The fourth-order valence-electron chi connectivity index (χ4n) is 1.74. The minimum absolute atomic E-state index is 0. The molecule has 0 aliphatic carbocycles. The lowest BCUT2D eigenvalue weighted by molar-refractivity contribution is -0.134. The standard InChI is InChI=1S/C9H18N2O3S.ClH/c1-6(10)9(12)11-4-5-15(13,14)8(3)7(11)2;/h6-8H,4-5,10H2,1-3H3;1H/t6-,7?,8?;/m1./s1. The van der Waals surface area contributed by atoms with Crippen LogP contribution in [0, 0.1) is 0 Å². The van der Waals surface area contributed by atoms with Gasteiger partial charge >= 0.3 is 0 Å². The summed E-state index contributed by atoms with van der Waals surface area (Å²) in [5.41, 5.74) is 5.50.